The minimum absolute atomic E-state index is 0.0187. The van der Waals surface area contributed by atoms with E-state index in [-0.39, 0.29) is 29.1 Å². The number of carboxylic acid groups (broad SMARTS) is 1. The molecule has 188 valence electrons. The highest BCUT2D eigenvalue weighted by molar-refractivity contribution is 8.00. The maximum atomic E-state index is 12.9. The van der Waals surface area contributed by atoms with Crippen LogP contribution in [0.4, 0.5) is 0 Å². The Bertz CT molecular complexity index is 1380. The summed E-state index contributed by atoms with van der Waals surface area (Å²) < 4.78 is 35.1. The molecule has 3 amide bonds. The summed E-state index contributed by atoms with van der Waals surface area (Å²) in [6.45, 7) is 0.125. The molecule has 3 atom stereocenters. The van der Waals surface area contributed by atoms with Crippen LogP contribution in [0.25, 0.3) is 0 Å². The van der Waals surface area contributed by atoms with E-state index in [9.17, 15) is 37.3 Å². The quantitative estimate of drug-likeness (QED) is 0.196. The Balaban J connectivity index is 1.54. The van der Waals surface area contributed by atoms with Gasteiger partial charge in [0.15, 0.2) is 24.2 Å². The molecule has 2 aliphatic heterocycles. The van der Waals surface area contributed by atoms with Gasteiger partial charge in [-0.2, -0.15) is 8.42 Å². The van der Waals surface area contributed by atoms with Crippen LogP contribution in [-0.2, 0) is 31.0 Å². The van der Waals surface area contributed by atoms with Crippen LogP contribution in [0.15, 0.2) is 66.1 Å². The number of hydrogen-bond acceptors (Lipinski definition) is 7. The number of fused-ring (bicyclic) bond motifs is 1. The van der Waals surface area contributed by atoms with E-state index in [0.717, 1.165) is 4.90 Å². The van der Waals surface area contributed by atoms with Crippen molar-refractivity contribution in [3.05, 3.63) is 77.3 Å². The molecule has 0 bridgehead atoms. The first kappa shape index (κ1) is 25.3. The second kappa shape index (κ2) is 9.72. The van der Waals surface area contributed by atoms with Gasteiger partial charge in [0.2, 0.25) is 11.8 Å². The summed E-state index contributed by atoms with van der Waals surface area (Å²) in [5, 5.41) is 9.47. The zero-order chi connectivity index (χ0) is 26.2. The van der Waals surface area contributed by atoms with Crippen LogP contribution in [-0.4, -0.2) is 63.8 Å². The van der Waals surface area contributed by atoms with Gasteiger partial charge in [0.1, 0.15) is 17.1 Å². The average Bonchev–Trinajstić information content (AvgIpc) is 2.82. The van der Waals surface area contributed by atoms with Gasteiger partial charge in [-0.05, 0) is 5.56 Å². The molecular formula is C22H21N4O8S2+. The lowest BCUT2D eigenvalue weighted by molar-refractivity contribution is -0.689. The monoisotopic (exact) mass is 533 g/mol. The predicted octanol–water partition coefficient (Wildman–Crippen LogP) is -0.559. The summed E-state index contributed by atoms with van der Waals surface area (Å²) in [6.07, 6.45) is 3.12. The number of rotatable bonds is 8. The van der Waals surface area contributed by atoms with Crippen molar-refractivity contribution < 1.29 is 41.8 Å². The van der Waals surface area contributed by atoms with Crippen LogP contribution in [0, 0.1) is 0 Å². The minimum Gasteiger partial charge on any atom is -0.477 e. The predicted molar refractivity (Wildman–Crippen MR) is 126 cm³/mol. The van der Waals surface area contributed by atoms with Crippen molar-refractivity contribution in [3.8, 4) is 0 Å². The van der Waals surface area contributed by atoms with Gasteiger partial charge in [0.25, 0.3) is 16.0 Å². The zero-order valence-corrected chi connectivity index (χ0v) is 20.1. The van der Waals surface area contributed by atoms with Crippen LogP contribution < -0.4 is 15.6 Å². The van der Waals surface area contributed by atoms with Crippen molar-refractivity contribution in [2.75, 3.05) is 5.75 Å². The molecule has 5 N–H and O–H groups in total. The molecule has 2 aliphatic rings. The third-order valence-corrected chi connectivity index (χ3v) is 8.16. The molecule has 12 nitrogen and oxygen atoms in total. The molecule has 2 aromatic rings. The molecule has 3 heterocycles. The SMILES string of the molecule is NC(=O)c1cc[n+](CC2=C(C(=O)O)N3C(=O)[C@H](NC(=O)[C@H](c4ccccc4)S(=O)(=O)O)[C@H]3SC2)cc1. The first-order chi connectivity index (χ1) is 17.0. The molecule has 0 spiro atoms. The number of primary amides is 1. The van der Waals surface area contributed by atoms with Crippen molar-refractivity contribution in [1.29, 1.82) is 0 Å². The van der Waals surface area contributed by atoms with Crippen molar-refractivity contribution in [2.24, 2.45) is 5.73 Å². The summed E-state index contributed by atoms with van der Waals surface area (Å²) in [5.41, 5.74) is 5.73. The third kappa shape index (κ3) is 4.82. The minimum atomic E-state index is -4.85. The van der Waals surface area contributed by atoms with Gasteiger partial charge in [0, 0.05) is 23.5 Å². The summed E-state index contributed by atoms with van der Waals surface area (Å²) in [5.74, 6) is -3.53. The van der Waals surface area contributed by atoms with Crippen LogP contribution >= 0.6 is 11.8 Å². The number of carbonyl (C=O) groups is 4. The van der Waals surface area contributed by atoms with E-state index >= 15 is 0 Å². The van der Waals surface area contributed by atoms with Gasteiger partial charge in [-0.1, -0.05) is 30.3 Å². The highest BCUT2D eigenvalue weighted by atomic mass is 32.2. The van der Waals surface area contributed by atoms with E-state index in [0.29, 0.717) is 5.57 Å². The van der Waals surface area contributed by atoms with Gasteiger partial charge in [-0.15, -0.1) is 11.8 Å². The Labute approximate surface area is 209 Å². The third-order valence-electron chi connectivity index (χ3n) is 5.73. The molecule has 0 aliphatic carbocycles. The fourth-order valence-electron chi connectivity index (χ4n) is 4.07. The topological polar surface area (TPSA) is 188 Å². The highest BCUT2D eigenvalue weighted by Crippen LogP contribution is 2.40. The second-order valence-corrected chi connectivity index (χ2v) is 10.7. The molecule has 14 heteroatoms. The van der Waals surface area contributed by atoms with Crippen molar-refractivity contribution in [1.82, 2.24) is 10.2 Å². The largest absolute Gasteiger partial charge is 0.477 e. The molecule has 4 rings (SSSR count). The smallest absolute Gasteiger partial charge is 0.352 e. The maximum Gasteiger partial charge on any atom is 0.352 e. The normalized spacial score (nSPS) is 20.2. The highest BCUT2D eigenvalue weighted by Gasteiger charge is 2.55. The Morgan fingerprint density at radius 2 is 1.81 bits per heavy atom. The van der Waals surface area contributed by atoms with Gasteiger partial charge in [0.05, 0.1) is 5.56 Å². The van der Waals surface area contributed by atoms with Crippen LogP contribution in [0.5, 0.6) is 0 Å². The van der Waals surface area contributed by atoms with E-state index in [1.165, 1.54) is 48.2 Å². The fraction of sp³-hybridized carbons (Fsp3) is 0.227. The number of thioether (sulfide) groups is 1. The zero-order valence-electron chi connectivity index (χ0n) is 18.5. The Morgan fingerprint density at radius 3 is 2.36 bits per heavy atom. The molecule has 0 unspecified atom stereocenters. The van der Waals surface area contributed by atoms with Crippen molar-refractivity contribution >= 4 is 45.6 Å². The van der Waals surface area contributed by atoms with E-state index in [2.05, 4.69) is 5.32 Å². The Hall–Kier alpha value is -3.75. The number of β-lactam (4-membered cyclic amide) rings is 1. The number of pyridine rings is 1. The summed E-state index contributed by atoms with van der Waals surface area (Å²) in [4.78, 5) is 50.1. The molecule has 1 aromatic heterocycles. The van der Waals surface area contributed by atoms with E-state index in [1.807, 2.05) is 0 Å². The number of hydrogen-bond donors (Lipinski definition) is 4. The number of benzene rings is 1. The van der Waals surface area contributed by atoms with Gasteiger partial charge >= 0.3 is 5.97 Å². The number of aromatic nitrogens is 1. The van der Waals surface area contributed by atoms with Crippen LogP contribution in [0.3, 0.4) is 0 Å². The fourth-order valence-corrected chi connectivity index (χ4v) is 6.24. The maximum absolute atomic E-state index is 12.9. The van der Waals surface area contributed by atoms with Gasteiger partial charge in [-0.3, -0.25) is 23.8 Å². The lowest BCUT2D eigenvalue weighted by Crippen LogP contribution is -2.71. The first-order valence-electron chi connectivity index (χ1n) is 10.5. The molecule has 0 radical (unpaired) electrons. The summed E-state index contributed by atoms with van der Waals surface area (Å²) >= 11 is 1.21. The summed E-state index contributed by atoms with van der Waals surface area (Å²) in [6, 6.07) is 9.12. The molecular weight excluding hydrogens is 512 g/mol. The molecule has 1 aromatic carbocycles. The van der Waals surface area contributed by atoms with Crippen molar-refractivity contribution in [2.45, 2.75) is 23.2 Å². The Morgan fingerprint density at radius 1 is 1.17 bits per heavy atom. The lowest BCUT2D eigenvalue weighted by Gasteiger charge is -2.49. The number of nitrogens with zero attached hydrogens (tertiary/aromatic N) is 2. The second-order valence-electron chi connectivity index (χ2n) is 8.08. The number of amides is 3. The van der Waals surface area contributed by atoms with Crippen LogP contribution in [0.1, 0.15) is 21.2 Å². The molecule has 1 saturated heterocycles. The first-order valence-corrected chi connectivity index (χ1v) is 13.0. The average molecular weight is 534 g/mol. The number of nitrogens with one attached hydrogen (secondary N) is 1. The van der Waals surface area contributed by atoms with Crippen LogP contribution in [0.2, 0.25) is 0 Å². The molecule has 36 heavy (non-hydrogen) atoms. The summed E-state index contributed by atoms with van der Waals surface area (Å²) in [7, 11) is -4.85. The lowest BCUT2D eigenvalue weighted by atomic mass is 10.0. The van der Waals surface area contributed by atoms with E-state index in [4.69, 9.17) is 5.73 Å². The standard InChI is InChI=1S/C22H20N4O8S2/c23-18(27)13-6-8-25(9-7-13)10-14-11-35-21-15(20(29)26(21)16(14)22(30)31)24-19(28)17(36(32,33)34)12-4-2-1-3-5-12/h1-9,15,17,21H,10-11H2,(H4-,23,24,27,28,30,31,32,33,34)/p+1/t15-,17-,21+/m0/s1. The Kier molecular flexibility index (Phi) is 6.84. The number of nitrogens with two attached hydrogens (primary N) is 1. The number of carboxylic acids is 1. The van der Waals surface area contributed by atoms with Gasteiger partial charge < -0.3 is 16.2 Å². The number of carbonyl (C=O) groups excluding carboxylic acids is 3. The van der Waals surface area contributed by atoms with E-state index < -0.39 is 50.5 Å². The van der Waals surface area contributed by atoms with E-state index in [1.54, 1.807) is 23.0 Å². The number of aliphatic carboxylic acids is 1. The van der Waals surface area contributed by atoms with Gasteiger partial charge in [-0.25, -0.2) is 9.36 Å². The van der Waals surface area contributed by atoms with Crippen molar-refractivity contribution in [3.63, 3.8) is 0 Å². The molecule has 0 saturated carbocycles. The molecule has 1 fully saturated rings.